The molecule has 33 heavy (non-hydrogen) atoms. The van der Waals surface area contributed by atoms with E-state index < -0.39 is 82.3 Å². The van der Waals surface area contributed by atoms with Crippen LogP contribution in [0.15, 0.2) is 23.8 Å². The minimum atomic E-state index is -2.47. The molecule has 0 aromatic rings. The van der Waals surface area contributed by atoms with Gasteiger partial charge in [0.05, 0.1) is 12.2 Å². The van der Waals surface area contributed by atoms with Crippen molar-refractivity contribution >= 4 is 17.5 Å². The first-order valence-corrected chi connectivity index (χ1v) is 11.2. The van der Waals surface area contributed by atoms with Gasteiger partial charge in [0.2, 0.25) is 5.78 Å². The Bertz CT molecular complexity index is 976. The van der Waals surface area contributed by atoms with E-state index in [0.29, 0.717) is 0 Å². The maximum Gasteiger partial charge on any atom is 0.303 e. The fourth-order valence-corrected chi connectivity index (χ4v) is 7.44. The number of hydrogen-bond donors (Lipinski definition) is 4. The molecule has 0 amide bonds. The summed E-state index contributed by atoms with van der Waals surface area (Å²) >= 11 is 0. The average Bonchev–Trinajstić information content (AvgIpc) is 2.93. The van der Waals surface area contributed by atoms with Gasteiger partial charge in [-0.25, -0.2) is 4.39 Å². The first kappa shape index (κ1) is 24.2. The highest BCUT2D eigenvalue weighted by atomic mass is 19.1. The van der Waals surface area contributed by atoms with Gasteiger partial charge in [-0.05, 0) is 49.3 Å². The summed E-state index contributed by atoms with van der Waals surface area (Å²) in [4.78, 5) is 36.3. The van der Waals surface area contributed by atoms with Gasteiger partial charge in [-0.2, -0.15) is 0 Å². The van der Waals surface area contributed by atoms with E-state index in [4.69, 9.17) is 4.74 Å². The number of hydrogen-bond acceptors (Lipinski definition) is 8. The van der Waals surface area contributed by atoms with Crippen LogP contribution in [0.3, 0.4) is 0 Å². The number of aliphatic hydroxyl groups excluding tert-OH is 3. The number of Topliss-reactive ketones (excluding diaryl/α,β-unsaturated/α-hetero) is 1. The number of carbonyl (C=O) groups excluding carboxylic acids is 3. The number of fused-ring (bicyclic) bond motifs is 5. The standard InChI is InChI=1S/C24H31FO8/c1-11-7-14-18-20(31)19(30)15-8-13(27)5-6-21(15,3)23(18,25)16(28)9-22(14,4)24(11,32)17(29)10-33-12(2)26/h5-6,8,11,14,16,18-20,28,30-32H,7,9-10H2,1-4H3/t11-,14-,16-,18+,19-,20+,21-,22-,23+,24-/m0/s1. The summed E-state index contributed by atoms with van der Waals surface area (Å²) in [7, 11) is 0. The van der Waals surface area contributed by atoms with Crippen LogP contribution in [0.2, 0.25) is 0 Å². The zero-order valence-corrected chi connectivity index (χ0v) is 19.1. The summed E-state index contributed by atoms with van der Waals surface area (Å²) in [6, 6.07) is 0. The molecule has 0 aromatic heterocycles. The van der Waals surface area contributed by atoms with Crippen LogP contribution < -0.4 is 0 Å². The number of aliphatic hydroxyl groups is 4. The Hall–Kier alpha value is -1.94. The predicted octanol–water partition coefficient (Wildman–Crippen LogP) is 0.408. The van der Waals surface area contributed by atoms with E-state index in [-0.39, 0.29) is 18.4 Å². The van der Waals surface area contributed by atoms with Crippen molar-refractivity contribution in [3.8, 4) is 0 Å². The third-order valence-corrected chi connectivity index (χ3v) is 9.15. The van der Waals surface area contributed by atoms with E-state index in [0.717, 1.165) is 13.0 Å². The zero-order chi connectivity index (χ0) is 24.7. The van der Waals surface area contributed by atoms with Gasteiger partial charge in [0.1, 0.15) is 11.7 Å². The third-order valence-electron chi connectivity index (χ3n) is 9.15. The van der Waals surface area contributed by atoms with Crippen molar-refractivity contribution in [1.29, 1.82) is 0 Å². The van der Waals surface area contributed by atoms with Gasteiger partial charge in [0.25, 0.3) is 0 Å². The number of esters is 1. The molecule has 0 unspecified atom stereocenters. The van der Waals surface area contributed by atoms with E-state index in [1.54, 1.807) is 13.8 Å². The molecule has 10 atom stereocenters. The lowest BCUT2D eigenvalue weighted by Crippen LogP contribution is -2.74. The second kappa shape index (κ2) is 7.28. The first-order valence-electron chi connectivity index (χ1n) is 11.2. The number of rotatable bonds is 3. The van der Waals surface area contributed by atoms with E-state index in [2.05, 4.69) is 0 Å². The van der Waals surface area contributed by atoms with Gasteiger partial charge >= 0.3 is 5.97 Å². The Balaban J connectivity index is 1.84. The van der Waals surface area contributed by atoms with Crippen molar-refractivity contribution in [3.05, 3.63) is 23.8 Å². The Morgan fingerprint density at radius 3 is 2.48 bits per heavy atom. The monoisotopic (exact) mass is 466 g/mol. The fraction of sp³-hybridized carbons (Fsp3) is 0.708. The molecule has 0 saturated heterocycles. The first-order chi connectivity index (χ1) is 15.2. The number of allylic oxidation sites excluding steroid dienone is 3. The zero-order valence-electron chi connectivity index (χ0n) is 19.1. The molecule has 0 aromatic carbocycles. The summed E-state index contributed by atoms with van der Waals surface area (Å²) in [6.07, 6.45) is -1.51. The molecule has 4 N–H and O–H groups in total. The summed E-state index contributed by atoms with van der Waals surface area (Å²) in [5, 5.41) is 45.0. The summed E-state index contributed by atoms with van der Waals surface area (Å²) < 4.78 is 22.0. The van der Waals surface area contributed by atoms with Crippen LogP contribution in [0.1, 0.15) is 40.5 Å². The lowest BCUT2D eigenvalue weighted by atomic mass is 9.43. The van der Waals surface area contributed by atoms with Crippen LogP contribution in [0.4, 0.5) is 4.39 Å². The molecule has 4 aliphatic carbocycles. The van der Waals surface area contributed by atoms with Crippen LogP contribution in [0.5, 0.6) is 0 Å². The molecule has 3 saturated carbocycles. The highest BCUT2D eigenvalue weighted by Gasteiger charge is 2.78. The fourth-order valence-electron chi connectivity index (χ4n) is 7.44. The third kappa shape index (κ3) is 2.79. The van der Waals surface area contributed by atoms with Crippen LogP contribution in [0.25, 0.3) is 0 Å². The molecule has 182 valence electrons. The SMILES string of the molecule is CC(=O)OCC(=O)[C@@]1(O)[C@@H](C)C[C@H]2[C@@H]3[C@@H](O)[C@@H](O)C4=CC(=O)C=C[C@]4(C)[C@@]3(F)[C@@H](O)C[C@@]21C. The summed E-state index contributed by atoms with van der Waals surface area (Å²) in [5.74, 6) is -4.72. The van der Waals surface area contributed by atoms with Crippen LogP contribution in [-0.4, -0.2) is 74.2 Å². The maximum absolute atomic E-state index is 17.2. The Labute approximate surface area is 191 Å². The topological polar surface area (TPSA) is 141 Å². The molecule has 0 heterocycles. The maximum atomic E-state index is 17.2. The summed E-state index contributed by atoms with van der Waals surface area (Å²) in [5.41, 5.74) is -7.46. The molecule has 8 nitrogen and oxygen atoms in total. The average molecular weight is 467 g/mol. The highest BCUT2D eigenvalue weighted by molar-refractivity contribution is 6.01. The minimum Gasteiger partial charge on any atom is -0.458 e. The van der Waals surface area contributed by atoms with Crippen molar-refractivity contribution < 1.29 is 43.9 Å². The normalized spacial score (nSPS) is 50.7. The molecular formula is C24H31FO8. The highest BCUT2D eigenvalue weighted by Crippen LogP contribution is 2.70. The van der Waals surface area contributed by atoms with Gasteiger partial charge in [0.15, 0.2) is 18.1 Å². The van der Waals surface area contributed by atoms with Crippen LogP contribution in [-0.2, 0) is 19.1 Å². The second-order valence-electron chi connectivity index (χ2n) is 10.6. The predicted molar refractivity (Wildman–Crippen MR) is 112 cm³/mol. The lowest BCUT2D eigenvalue weighted by Gasteiger charge is -2.64. The van der Waals surface area contributed by atoms with E-state index in [9.17, 15) is 34.8 Å². The molecule has 9 heteroatoms. The molecule has 0 aliphatic heterocycles. The van der Waals surface area contributed by atoms with E-state index in [1.807, 2.05) is 0 Å². The summed E-state index contributed by atoms with van der Waals surface area (Å²) in [6.45, 7) is 5.14. The number of ether oxygens (including phenoxy) is 1. The van der Waals surface area contributed by atoms with Gasteiger partial charge in [-0.1, -0.05) is 19.9 Å². The van der Waals surface area contributed by atoms with E-state index in [1.165, 1.54) is 19.1 Å². The van der Waals surface area contributed by atoms with Gasteiger partial charge in [0, 0.05) is 23.7 Å². The van der Waals surface area contributed by atoms with Gasteiger partial charge in [-0.15, -0.1) is 0 Å². The number of halogens is 1. The quantitative estimate of drug-likeness (QED) is 0.438. The largest absolute Gasteiger partial charge is 0.458 e. The Kier molecular flexibility index (Phi) is 5.34. The number of carbonyl (C=O) groups is 3. The molecule has 4 aliphatic rings. The van der Waals surface area contributed by atoms with Crippen molar-refractivity contribution in [2.24, 2.45) is 28.6 Å². The Morgan fingerprint density at radius 2 is 1.88 bits per heavy atom. The molecule has 3 fully saturated rings. The van der Waals surface area contributed by atoms with Crippen molar-refractivity contribution in [3.63, 3.8) is 0 Å². The molecule has 0 radical (unpaired) electrons. The van der Waals surface area contributed by atoms with Crippen LogP contribution in [0, 0.1) is 28.6 Å². The van der Waals surface area contributed by atoms with Crippen molar-refractivity contribution in [2.45, 2.75) is 70.1 Å². The molecule has 0 spiro atoms. The number of alkyl halides is 1. The Morgan fingerprint density at radius 1 is 1.24 bits per heavy atom. The van der Waals surface area contributed by atoms with Gasteiger partial charge in [-0.3, -0.25) is 14.4 Å². The number of ketones is 2. The second-order valence-corrected chi connectivity index (χ2v) is 10.6. The molecular weight excluding hydrogens is 435 g/mol. The van der Waals surface area contributed by atoms with E-state index >= 15 is 4.39 Å². The molecule has 0 bridgehead atoms. The lowest BCUT2D eigenvalue weighted by molar-refractivity contribution is -0.252. The van der Waals surface area contributed by atoms with Crippen molar-refractivity contribution in [2.75, 3.05) is 6.61 Å². The van der Waals surface area contributed by atoms with Crippen LogP contribution >= 0.6 is 0 Å². The van der Waals surface area contributed by atoms with Gasteiger partial charge < -0.3 is 25.2 Å². The van der Waals surface area contributed by atoms with Crippen molar-refractivity contribution in [1.82, 2.24) is 0 Å². The minimum absolute atomic E-state index is 0.00357. The smallest absolute Gasteiger partial charge is 0.303 e. The molecule has 4 rings (SSSR count).